The van der Waals surface area contributed by atoms with Crippen molar-refractivity contribution in [3.05, 3.63) is 58.6 Å². The Kier molecular flexibility index (Phi) is 7.55. The number of aliphatic hydroxyl groups excluding tert-OH is 1. The molecule has 2 aliphatic heterocycles. The Balaban J connectivity index is 1.35. The zero-order valence-electron chi connectivity index (χ0n) is 21.3. The number of nitrogens with two attached hydrogens (primary N) is 1. The minimum Gasteiger partial charge on any atom is -0.477 e. The quantitative estimate of drug-likeness (QED) is 0.112. The zero-order chi connectivity index (χ0) is 28.6. The van der Waals surface area contributed by atoms with Crippen LogP contribution in [0.2, 0.25) is 0 Å². The summed E-state index contributed by atoms with van der Waals surface area (Å²) >= 11 is 2.48. The van der Waals surface area contributed by atoms with Crippen LogP contribution in [0, 0.1) is 0 Å². The van der Waals surface area contributed by atoms with Crippen molar-refractivity contribution < 1.29 is 34.0 Å². The summed E-state index contributed by atoms with van der Waals surface area (Å²) in [5.41, 5.74) is 8.32. The summed E-state index contributed by atoms with van der Waals surface area (Å²) in [5.74, 6) is -2.12. The first-order valence-corrected chi connectivity index (χ1v) is 13.8. The first kappa shape index (κ1) is 27.3. The van der Waals surface area contributed by atoms with Crippen molar-refractivity contribution in [2.75, 3.05) is 18.6 Å². The van der Waals surface area contributed by atoms with Crippen LogP contribution in [-0.2, 0) is 39.4 Å². The first-order valence-electron chi connectivity index (χ1n) is 11.9. The molecule has 0 unspecified atom stereocenters. The first-order chi connectivity index (χ1) is 19.2. The lowest BCUT2D eigenvalue weighted by Gasteiger charge is -2.49. The van der Waals surface area contributed by atoms with Crippen molar-refractivity contribution in [1.29, 1.82) is 0 Å². The average Bonchev–Trinajstić information content (AvgIpc) is 3.54. The molecule has 2 amide bonds. The molecule has 14 nitrogen and oxygen atoms in total. The number of nitrogen functional groups attached to an aromatic ring is 1. The molecule has 2 atom stereocenters. The summed E-state index contributed by atoms with van der Waals surface area (Å²) < 4.78 is 3.49. The van der Waals surface area contributed by atoms with E-state index in [1.165, 1.54) is 23.8 Å². The molecule has 0 aliphatic carbocycles. The number of anilines is 1. The molecule has 1 fully saturated rings. The van der Waals surface area contributed by atoms with E-state index in [9.17, 15) is 24.6 Å². The number of nitrogens with zero attached hydrogens (tertiary/aromatic N) is 6. The van der Waals surface area contributed by atoms with Gasteiger partial charge in [-0.2, -0.15) is 5.10 Å². The summed E-state index contributed by atoms with van der Waals surface area (Å²) in [4.78, 5) is 48.4. The number of carbonyl (C=O) groups is 3. The van der Waals surface area contributed by atoms with Gasteiger partial charge in [-0.15, -0.1) is 23.1 Å². The van der Waals surface area contributed by atoms with E-state index < -0.39 is 29.2 Å². The van der Waals surface area contributed by atoms with Crippen LogP contribution in [0.25, 0.3) is 11.3 Å². The van der Waals surface area contributed by atoms with Crippen LogP contribution in [0.4, 0.5) is 5.13 Å². The van der Waals surface area contributed by atoms with Gasteiger partial charge in [0.05, 0.1) is 23.6 Å². The van der Waals surface area contributed by atoms with Crippen molar-refractivity contribution in [2.45, 2.75) is 24.6 Å². The predicted octanol–water partition coefficient (Wildman–Crippen LogP) is -0.305. The number of carbonyl (C=O) groups excluding carboxylic acids is 2. The number of thioether (sulfide) groups is 1. The molecule has 0 aromatic carbocycles. The second-order valence-electron chi connectivity index (χ2n) is 8.88. The Morgan fingerprint density at radius 1 is 1.40 bits per heavy atom. The molecule has 5 rings (SSSR count). The highest BCUT2D eigenvalue weighted by Gasteiger charge is 2.54. The molecule has 3 aromatic rings. The topological polar surface area (TPSA) is 189 Å². The molecular formula is C24H25N8O6S2+. The van der Waals surface area contributed by atoms with Crippen LogP contribution in [0.5, 0.6) is 0 Å². The van der Waals surface area contributed by atoms with Crippen molar-refractivity contribution in [2.24, 2.45) is 12.2 Å². The van der Waals surface area contributed by atoms with E-state index in [0.29, 0.717) is 17.0 Å². The number of oxime groups is 1. The van der Waals surface area contributed by atoms with Crippen LogP contribution in [0.3, 0.4) is 0 Å². The second-order valence-corrected chi connectivity index (χ2v) is 10.9. The van der Waals surface area contributed by atoms with Crippen LogP contribution in [0.15, 0.2) is 52.4 Å². The number of β-lactam (4-membered cyclic amide) rings is 1. The summed E-state index contributed by atoms with van der Waals surface area (Å²) in [6.07, 6.45) is 3.66. The fourth-order valence-corrected chi connectivity index (χ4v) is 6.46. The molecule has 1 saturated heterocycles. The van der Waals surface area contributed by atoms with E-state index in [1.54, 1.807) is 29.4 Å². The average molecular weight is 586 g/mol. The number of aryl methyl sites for hydroxylation is 1. The lowest BCUT2D eigenvalue weighted by atomic mass is 10.0. The predicted molar refractivity (Wildman–Crippen MR) is 145 cm³/mol. The van der Waals surface area contributed by atoms with E-state index in [-0.39, 0.29) is 35.4 Å². The Morgan fingerprint density at radius 2 is 2.20 bits per heavy atom. The summed E-state index contributed by atoms with van der Waals surface area (Å²) in [5, 5.41) is 31.3. The molecule has 5 heterocycles. The van der Waals surface area contributed by atoms with Gasteiger partial charge >= 0.3 is 5.97 Å². The number of hydrogen-bond acceptors (Lipinski definition) is 11. The number of nitrogens with one attached hydrogen (secondary N) is 1. The highest BCUT2D eigenvalue weighted by atomic mass is 32.2. The molecule has 0 spiro atoms. The van der Waals surface area contributed by atoms with Gasteiger partial charge in [-0.3, -0.25) is 19.2 Å². The summed E-state index contributed by atoms with van der Waals surface area (Å²) in [6, 6.07) is 4.55. The Hall–Kier alpha value is -4.28. The minimum absolute atomic E-state index is 0.0988. The van der Waals surface area contributed by atoms with E-state index in [2.05, 4.69) is 20.6 Å². The van der Waals surface area contributed by atoms with Crippen LogP contribution in [-0.4, -0.2) is 77.7 Å². The number of aromatic nitrogens is 4. The van der Waals surface area contributed by atoms with Gasteiger partial charge in [0.2, 0.25) is 0 Å². The molecule has 5 N–H and O–H groups in total. The largest absolute Gasteiger partial charge is 0.477 e. The number of amides is 2. The van der Waals surface area contributed by atoms with Gasteiger partial charge in [0.25, 0.3) is 11.8 Å². The monoisotopic (exact) mass is 585 g/mol. The number of rotatable bonds is 9. The third-order valence-corrected chi connectivity index (χ3v) is 8.33. The molecule has 40 heavy (non-hydrogen) atoms. The van der Waals surface area contributed by atoms with Gasteiger partial charge < -0.3 is 26.1 Å². The fraction of sp³-hybridized carbons (Fsp3) is 0.292. The van der Waals surface area contributed by atoms with Crippen molar-refractivity contribution in [3.8, 4) is 11.3 Å². The normalized spacial score (nSPS) is 18.8. The Labute approximate surface area is 235 Å². The zero-order valence-corrected chi connectivity index (χ0v) is 23.0. The third-order valence-electron chi connectivity index (χ3n) is 6.32. The second kappa shape index (κ2) is 11.1. The van der Waals surface area contributed by atoms with E-state index in [4.69, 9.17) is 10.6 Å². The smallest absolute Gasteiger partial charge is 0.352 e. The molecule has 0 saturated carbocycles. The van der Waals surface area contributed by atoms with E-state index in [0.717, 1.165) is 22.6 Å². The molecule has 3 aromatic heterocycles. The SMILES string of the molecule is CO/N=C(\C(=O)N[C@@H]1C(=O)N2C(C(=O)O)=C(C[n+]3cccc(-c4cc(CO)nn4C)c3)CS[C@H]12)c1csc(N)n1. The van der Waals surface area contributed by atoms with Gasteiger partial charge in [-0.25, -0.2) is 14.3 Å². The lowest BCUT2D eigenvalue weighted by molar-refractivity contribution is -0.688. The van der Waals surface area contributed by atoms with E-state index in [1.807, 2.05) is 22.9 Å². The number of hydrogen-bond donors (Lipinski definition) is 4. The minimum atomic E-state index is -1.23. The van der Waals surface area contributed by atoms with Crippen molar-refractivity contribution in [1.82, 2.24) is 25.0 Å². The van der Waals surface area contributed by atoms with Crippen LogP contribution in [0.1, 0.15) is 11.4 Å². The highest BCUT2D eigenvalue weighted by molar-refractivity contribution is 8.00. The van der Waals surface area contributed by atoms with E-state index >= 15 is 0 Å². The van der Waals surface area contributed by atoms with Gasteiger partial charge in [-0.1, -0.05) is 5.16 Å². The van der Waals surface area contributed by atoms with Crippen LogP contribution < -0.4 is 15.6 Å². The number of fused-ring (bicyclic) bond motifs is 1. The maximum absolute atomic E-state index is 13.1. The van der Waals surface area contributed by atoms with Gasteiger partial charge in [0, 0.05) is 29.8 Å². The van der Waals surface area contributed by atoms with Gasteiger partial charge in [0.15, 0.2) is 29.8 Å². The number of thiazole rings is 1. The third kappa shape index (κ3) is 5.03. The van der Waals surface area contributed by atoms with Gasteiger partial charge in [0.1, 0.15) is 29.9 Å². The maximum atomic E-state index is 13.1. The number of aliphatic carboxylic acids is 1. The molecule has 208 valence electrons. The maximum Gasteiger partial charge on any atom is 0.352 e. The fourth-order valence-electron chi connectivity index (χ4n) is 4.57. The van der Waals surface area contributed by atoms with Crippen molar-refractivity contribution in [3.63, 3.8) is 0 Å². The number of aliphatic hydroxyl groups is 1. The number of carboxylic acids is 1. The molecule has 16 heteroatoms. The Morgan fingerprint density at radius 3 is 2.85 bits per heavy atom. The Bertz CT molecular complexity index is 1560. The molecule has 0 bridgehead atoms. The van der Waals surface area contributed by atoms with Crippen molar-refractivity contribution >= 4 is 51.7 Å². The highest BCUT2D eigenvalue weighted by Crippen LogP contribution is 2.40. The summed E-state index contributed by atoms with van der Waals surface area (Å²) in [6.45, 7) is 0.0514. The standard InChI is InChI=1S/C24H24N8O6S2/c1-30-16(6-14(9-33)28-30)12-4-3-5-31(7-12)8-13-10-39-22-18(21(35)32(22)19(13)23(36)37)27-20(34)17(29-38-2)15-11-40-24(25)26-15/h3-7,11,18,22,33H,8-10H2,1-2H3,(H3-,25,26,27,34,36,37)/p+1/b29-17-/t18-,22-/m1/s1. The molecular weight excluding hydrogens is 560 g/mol. The van der Waals surface area contributed by atoms with Gasteiger partial charge in [-0.05, 0) is 12.1 Å². The molecule has 0 radical (unpaired) electrons. The summed E-state index contributed by atoms with van der Waals surface area (Å²) in [7, 11) is 3.05. The number of carboxylic acid groups (broad SMARTS) is 1. The number of pyridine rings is 1. The van der Waals surface area contributed by atoms with Crippen LogP contribution >= 0.6 is 23.1 Å². The lowest BCUT2D eigenvalue weighted by Crippen LogP contribution is -2.71. The molecule has 2 aliphatic rings.